The van der Waals surface area contributed by atoms with Crippen molar-refractivity contribution in [1.29, 1.82) is 0 Å². The zero-order valence-corrected chi connectivity index (χ0v) is 33.6. The van der Waals surface area contributed by atoms with Crippen LogP contribution < -0.4 is 0 Å². The first kappa shape index (κ1) is 47.9. The molecule has 0 aliphatic heterocycles. The van der Waals surface area contributed by atoms with Gasteiger partial charge in [0.25, 0.3) is 0 Å². The number of esters is 2. The molecule has 0 aromatic carbocycles. The summed E-state index contributed by atoms with van der Waals surface area (Å²) in [6.07, 6.45) is 40.2. The van der Waals surface area contributed by atoms with Gasteiger partial charge < -0.3 is 14.6 Å². The third-order valence-electron chi connectivity index (χ3n) is 10.4. The standard InChI is InChI=1S/C44H86O5/c1-5-41(4)35-31-27-23-19-16-17-20-24-28-32-36-43(46)48-39-42(38-45)49-44(47)37-33-29-25-21-15-13-11-9-7-6-8-10-12-14-18-22-26-30-34-40(2)3/h40-42,45H,5-39H2,1-4H3/t41?,42-/m0/s1. The lowest BCUT2D eigenvalue weighted by molar-refractivity contribution is -0.161. The highest BCUT2D eigenvalue weighted by molar-refractivity contribution is 5.70. The molecule has 1 unspecified atom stereocenters. The molecule has 49 heavy (non-hydrogen) atoms. The summed E-state index contributed by atoms with van der Waals surface area (Å²) in [5, 5.41) is 9.57. The fourth-order valence-corrected chi connectivity index (χ4v) is 6.66. The maximum atomic E-state index is 12.2. The van der Waals surface area contributed by atoms with Crippen LogP contribution in [0.25, 0.3) is 0 Å². The highest BCUT2D eigenvalue weighted by Gasteiger charge is 2.16. The van der Waals surface area contributed by atoms with Gasteiger partial charge in [0.05, 0.1) is 6.61 Å². The Bertz CT molecular complexity index is 693. The highest BCUT2D eigenvalue weighted by atomic mass is 16.6. The number of ether oxygens (including phenoxy) is 2. The van der Waals surface area contributed by atoms with Gasteiger partial charge in [0.1, 0.15) is 6.61 Å². The second-order valence-electron chi connectivity index (χ2n) is 15.9. The Balaban J connectivity index is 3.47. The number of aliphatic hydroxyl groups excluding tert-OH is 1. The van der Waals surface area contributed by atoms with E-state index in [1.165, 1.54) is 161 Å². The Morgan fingerprint density at radius 3 is 1.14 bits per heavy atom. The summed E-state index contributed by atoms with van der Waals surface area (Å²) in [5.74, 6) is 1.17. The number of hydrogen-bond acceptors (Lipinski definition) is 5. The van der Waals surface area contributed by atoms with Crippen molar-refractivity contribution in [2.24, 2.45) is 11.8 Å². The molecule has 5 heteroatoms. The molecule has 0 saturated heterocycles. The number of unbranched alkanes of at least 4 members (excludes halogenated alkanes) is 26. The SMILES string of the molecule is CCC(C)CCCCCCCCCCCCC(=O)OC[C@H](CO)OC(=O)CCCCCCCCCCCCCCCCCCCCC(C)C. The van der Waals surface area contributed by atoms with Crippen LogP contribution in [0.15, 0.2) is 0 Å². The number of rotatable bonds is 39. The minimum absolute atomic E-state index is 0.0583. The number of aliphatic hydroxyl groups is 1. The topological polar surface area (TPSA) is 72.8 Å². The predicted octanol–water partition coefficient (Wildman–Crippen LogP) is 13.6. The molecule has 0 aromatic heterocycles. The molecule has 292 valence electrons. The molecule has 0 bridgehead atoms. The minimum Gasteiger partial charge on any atom is -0.462 e. The third kappa shape index (κ3) is 38.0. The van der Waals surface area contributed by atoms with Gasteiger partial charge in [-0.05, 0) is 24.7 Å². The zero-order valence-electron chi connectivity index (χ0n) is 33.6. The van der Waals surface area contributed by atoms with E-state index in [4.69, 9.17) is 9.47 Å². The summed E-state index contributed by atoms with van der Waals surface area (Å²) in [6.45, 7) is 8.91. The maximum absolute atomic E-state index is 12.2. The molecule has 0 saturated carbocycles. The Labute approximate surface area is 306 Å². The van der Waals surface area contributed by atoms with Gasteiger partial charge >= 0.3 is 11.9 Å². The largest absolute Gasteiger partial charge is 0.462 e. The van der Waals surface area contributed by atoms with E-state index in [1.54, 1.807) is 0 Å². The van der Waals surface area contributed by atoms with Crippen molar-refractivity contribution in [3.05, 3.63) is 0 Å². The molecule has 0 radical (unpaired) electrons. The summed E-state index contributed by atoms with van der Waals surface area (Å²) in [4.78, 5) is 24.3. The summed E-state index contributed by atoms with van der Waals surface area (Å²) in [6, 6.07) is 0. The lowest BCUT2D eigenvalue weighted by atomic mass is 9.99. The molecule has 2 atom stereocenters. The Morgan fingerprint density at radius 2 is 0.796 bits per heavy atom. The van der Waals surface area contributed by atoms with E-state index < -0.39 is 6.10 Å². The Morgan fingerprint density at radius 1 is 0.469 bits per heavy atom. The smallest absolute Gasteiger partial charge is 0.306 e. The first-order chi connectivity index (χ1) is 23.9. The highest BCUT2D eigenvalue weighted by Crippen LogP contribution is 2.17. The second kappa shape index (κ2) is 38.1. The van der Waals surface area contributed by atoms with E-state index >= 15 is 0 Å². The molecule has 0 fully saturated rings. The first-order valence-corrected chi connectivity index (χ1v) is 21.8. The number of hydrogen-bond donors (Lipinski definition) is 1. The number of carbonyl (C=O) groups excluding carboxylic acids is 2. The Kier molecular flexibility index (Phi) is 37.3. The summed E-state index contributed by atoms with van der Waals surface area (Å²) in [5.41, 5.74) is 0. The molecular formula is C44H86O5. The van der Waals surface area contributed by atoms with Crippen molar-refractivity contribution >= 4 is 11.9 Å². The van der Waals surface area contributed by atoms with Gasteiger partial charge in [-0.25, -0.2) is 0 Å². The second-order valence-corrected chi connectivity index (χ2v) is 15.9. The summed E-state index contributed by atoms with van der Waals surface area (Å²) < 4.78 is 10.6. The van der Waals surface area contributed by atoms with Crippen molar-refractivity contribution in [2.75, 3.05) is 13.2 Å². The fourth-order valence-electron chi connectivity index (χ4n) is 6.66. The minimum atomic E-state index is -0.763. The van der Waals surface area contributed by atoms with Crippen LogP contribution in [0.3, 0.4) is 0 Å². The molecule has 0 spiro atoms. The van der Waals surface area contributed by atoms with E-state index in [9.17, 15) is 14.7 Å². The number of carbonyl (C=O) groups is 2. The van der Waals surface area contributed by atoms with Crippen LogP contribution in [-0.2, 0) is 19.1 Å². The molecular weight excluding hydrogens is 608 g/mol. The van der Waals surface area contributed by atoms with Crippen LogP contribution in [-0.4, -0.2) is 36.4 Å². The molecule has 0 aromatic rings. The van der Waals surface area contributed by atoms with Crippen LogP contribution in [0.2, 0.25) is 0 Å². The van der Waals surface area contributed by atoms with Crippen LogP contribution >= 0.6 is 0 Å². The van der Waals surface area contributed by atoms with Crippen molar-refractivity contribution in [2.45, 2.75) is 246 Å². The van der Waals surface area contributed by atoms with Crippen LogP contribution in [0, 0.1) is 11.8 Å². The average molecular weight is 695 g/mol. The van der Waals surface area contributed by atoms with Gasteiger partial charge in [0.2, 0.25) is 0 Å². The molecule has 0 rings (SSSR count). The van der Waals surface area contributed by atoms with E-state index in [-0.39, 0.29) is 25.2 Å². The lowest BCUT2D eigenvalue weighted by Gasteiger charge is -2.15. The zero-order chi connectivity index (χ0) is 36.0. The first-order valence-electron chi connectivity index (χ1n) is 21.8. The molecule has 0 aliphatic rings. The summed E-state index contributed by atoms with van der Waals surface area (Å²) >= 11 is 0. The van der Waals surface area contributed by atoms with Crippen LogP contribution in [0.1, 0.15) is 240 Å². The molecule has 5 nitrogen and oxygen atoms in total. The fraction of sp³-hybridized carbons (Fsp3) is 0.955. The van der Waals surface area contributed by atoms with E-state index in [2.05, 4.69) is 27.7 Å². The van der Waals surface area contributed by atoms with Crippen molar-refractivity contribution in [3.63, 3.8) is 0 Å². The third-order valence-corrected chi connectivity index (χ3v) is 10.4. The summed E-state index contributed by atoms with van der Waals surface area (Å²) in [7, 11) is 0. The Hall–Kier alpha value is -1.10. The van der Waals surface area contributed by atoms with Gasteiger partial charge in [-0.15, -0.1) is 0 Å². The van der Waals surface area contributed by atoms with E-state index in [0.717, 1.165) is 50.4 Å². The molecule has 0 heterocycles. The average Bonchev–Trinajstić information content (AvgIpc) is 3.09. The predicted molar refractivity (Wildman–Crippen MR) is 210 cm³/mol. The van der Waals surface area contributed by atoms with Crippen molar-refractivity contribution in [3.8, 4) is 0 Å². The molecule has 0 amide bonds. The van der Waals surface area contributed by atoms with E-state index in [0.29, 0.717) is 12.8 Å². The normalized spacial score (nSPS) is 12.8. The van der Waals surface area contributed by atoms with Gasteiger partial charge in [0.15, 0.2) is 6.10 Å². The van der Waals surface area contributed by atoms with Crippen LogP contribution in [0.5, 0.6) is 0 Å². The van der Waals surface area contributed by atoms with Gasteiger partial charge in [-0.2, -0.15) is 0 Å². The lowest BCUT2D eigenvalue weighted by Crippen LogP contribution is -2.28. The van der Waals surface area contributed by atoms with Gasteiger partial charge in [-0.3, -0.25) is 9.59 Å². The molecule has 0 aliphatic carbocycles. The molecule has 1 N–H and O–H groups in total. The van der Waals surface area contributed by atoms with Crippen molar-refractivity contribution < 1.29 is 24.2 Å². The van der Waals surface area contributed by atoms with Gasteiger partial charge in [0, 0.05) is 12.8 Å². The van der Waals surface area contributed by atoms with Crippen molar-refractivity contribution in [1.82, 2.24) is 0 Å². The van der Waals surface area contributed by atoms with E-state index in [1.807, 2.05) is 0 Å². The van der Waals surface area contributed by atoms with Crippen LogP contribution in [0.4, 0.5) is 0 Å². The monoisotopic (exact) mass is 695 g/mol. The maximum Gasteiger partial charge on any atom is 0.306 e. The van der Waals surface area contributed by atoms with Gasteiger partial charge in [-0.1, -0.05) is 214 Å². The quantitative estimate of drug-likeness (QED) is 0.0512.